The smallest absolute Gasteiger partial charge is 0.115 e. The second kappa shape index (κ2) is 25.7. The van der Waals surface area contributed by atoms with E-state index in [-0.39, 0.29) is 16.6 Å². The molecule has 12 nitrogen and oxygen atoms in total. The predicted molar refractivity (Wildman–Crippen MR) is 220 cm³/mol. The fourth-order valence-corrected chi connectivity index (χ4v) is 4.33. The summed E-state index contributed by atoms with van der Waals surface area (Å²) in [5, 5.41) is 19.2. The minimum atomic E-state index is -0.389. The number of aryl methyl sites for hydroxylation is 1. The lowest BCUT2D eigenvalue weighted by Gasteiger charge is -2.30. The van der Waals surface area contributed by atoms with E-state index in [0.29, 0.717) is 23.0 Å². The summed E-state index contributed by atoms with van der Waals surface area (Å²) in [4.78, 5) is 59.9. The molecule has 0 aromatic heterocycles. The number of fused-ring (bicyclic) bond motifs is 1. The Labute approximate surface area is 313 Å². The van der Waals surface area contributed by atoms with Crippen LogP contribution < -0.4 is 0 Å². The maximum absolute atomic E-state index is 10.5. The molecular weight excluding hydrogens is 672 g/mol. The fraction of sp³-hybridized carbons (Fsp3) is 0.463. The molecule has 0 radical (unpaired) electrons. The molecule has 0 amide bonds. The number of nitroso groups, excluding NO2 is 6. The second-order valence-corrected chi connectivity index (χ2v) is 14.5. The first-order valence-electron chi connectivity index (χ1n) is 17.7. The van der Waals surface area contributed by atoms with E-state index < -0.39 is 0 Å². The second-order valence-electron chi connectivity index (χ2n) is 14.5. The van der Waals surface area contributed by atoms with Gasteiger partial charge in [0.25, 0.3) is 0 Å². The van der Waals surface area contributed by atoms with Crippen molar-refractivity contribution in [3.63, 3.8) is 0 Å². The molecule has 0 unspecified atom stereocenters. The predicted octanol–water partition coefficient (Wildman–Crippen LogP) is 14.3. The molecule has 0 spiro atoms. The maximum atomic E-state index is 10.5. The average Bonchev–Trinajstić information content (AvgIpc) is 3.19. The van der Waals surface area contributed by atoms with Crippen molar-refractivity contribution in [1.29, 1.82) is 0 Å². The quantitative estimate of drug-likeness (QED) is 0.171. The van der Waals surface area contributed by atoms with E-state index in [0.717, 1.165) is 22.8 Å². The van der Waals surface area contributed by atoms with Crippen LogP contribution in [0.3, 0.4) is 0 Å². The SMILES string of the molecule is CC(C)(C)N=O.CC(C)(N=O)C1CCCCC1.CCC(C)(C)N=O.Cc1ccc(N=O)cc1.O=Nc1cccc2ccccc12.O=Nc1ccccc1. The molecular formula is C41H56N6O6. The van der Waals surface area contributed by atoms with Crippen LogP contribution in [-0.2, 0) is 0 Å². The van der Waals surface area contributed by atoms with E-state index in [4.69, 9.17) is 0 Å². The Morgan fingerprint density at radius 2 is 1.04 bits per heavy atom. The molecule has 286 valence electrons. The summed E-state index contributed by atoms with van der Waals surface area (Å²) < 4.78 is 0. The van der Waals surface area contributed by atoms with Crippen molar-refractivity contribution in [2.75, 3.05) is 0 Å². The van der Waals surface area contributed by atoms with E-state index in [1.165, 1.54) is 32.1 Å². The summed E-state index contributed by atoms with van der Waals surface area (Å²) in [5.74, 6) is 0.536. The van der Waals surface area contributed by atoms with Gasteiger partial charge in [-0.1, -0.05) is 114 Å². The molecule has 0 bridgehead atoms. The van der Waals surface area contributed by atoms with Gasteiger partial charge in [-0.25, -0.2) is 0 Å². The van der Waals surface area contributed by atoms with Crippen molar-refractivity contribution >= 4 is 27.8 Å². The van der Waals surface area contributed by atoms with Crippen molar-refractivity contribution in [3.05, 3.63) is 132 Å². The molecule has 5 rings (SSSR count). The van der Waals surface area contributed by atoms with Gasteiger partial charge in [0, 0.05) is 5.39 Å². The highest BCUT2D eigenvalue weighted by Crippen LogP contribution is 2.34. The van der Waals surface area contributed by atoms with E-state index >= 15 is 0 Å². The third-order valence-corrected chi connectivity index (χ3v) is 8.09. The molecule has 0 saturated heterocycles. The Bertz CT molecular complexity index is 1640. The lowest BCUT2D eigenvalue weighted by Crippen LogP contribution is -2.30. The van der Waals surface area contributed by atoms with Crippen molar-refractivity contribution in [1.82, 2.24) is 0 Å². The molecule has 1 aliphatic carbocycles. The van der Waals surface area contributed by atoms with Gasteiger partial charge in [-0.2, -0.15) is 14.7 Å². The first-order chi connectivity index (χ1) is 25.0. The van der Waals surface area contributed by atoms with Crippen LogP contribution in [0.1, 0.15) is 99.5 Å². The Balaban J connectivity index is 0.000000623. The number of hydrogen-bond donors (Lipinski definition) is 0. The van der Waals surface area contributed by atoms with Crippen molar-refractivity contribution in [2.45, 2.75) is 117 Å². The highest BCUT2D eigenvalue weighted by Gasteiger charge is 2.31. The Hall–Kier alpha value is -5.26. The van der Waals surface area contributed by atoms with Gasteiger partial charge in [0.05, 0.1) is 16.6 Å². The van der Waals surface area contributed by atoms with Crippen LogP contribution >= 0.6 is 0 Å². The third-order valence-electron chi connectivity index (χ3n) is 8.09. The van der Waals surface area contributed by atoms with E-state index in [2.05, 4.69) is 31.1 Å². The standard InChI is InChI=1S/C10H7NO.C9H17NO.C7H7NO.C6H5NO.C5H11NO.C4H9NO/c12-11-10-7-3-5-8-4-1-2-6-9(8)10;1-9(2,10-11)8-6-4-3-5-7-8;1-6-2-4-7(8-9)5-3-6;8-7-6-4-2-1-3-5-6;1-4-5(2,3)6-7;1-4(2,3)5-6/h1-7H;8H,3-7H2,1-2H3;2-5H,1H3;1-5H;4H2,1-3H3;1-3H3. The summed E-state index contributed by atoms with van der Waals surface area (Å²) in [7, 11) is 0. The summed E-state index contributed by atoms with van der Waals surface area (Å²) >= 11 is 0. The third kappa shape index (κ3) is 21.6. The first-order valence-corrected chi connectivity index (χ1v) is 17.7. The average molecular weight is 729 g/mol. The molecule has 4 aromatic carbocycles. The summed E-state index contributed by atoms with van der Waals surface area (Å²) in [6, 6.07) is 29.0. The van der Waals surface area contributed by atoms with Crippen molar-refractivity contribution in [2.24, 2.45) is 37.0 Å². The molecule has 0 aliphatic heterocycles. The van der Waals surface area contributed by atoms with E-state index in [1.807, 2.05) is 96.1 Å². The number of rotatable bonds is 7. The molecule has 0 atom stereocenters. The van der Waals surface area contributed by atoms with Crippen LogP contribution in [0.4, 0.5) is 17.1 Å². The largest absolute Gasteiger partial charge is 0.150 e. The Morgan fingerprint density at radius 1 is 0.547 bits per heavy atom. The van der Waals surface area contributed by atoms with Gasteiger partial charge in [-0.15, -0.1) is 14.7 Å². The maximum Gasteiger partial charge on any atom is 0.115 e. The zero-order valence-corrected chi connectivity index (χ0v) is 32.7. The van der Waals surface area contributed by atoms with Gasteiger partial charge in [0.1, 0.15) is 17.1 Å². The fourth-order valence-electron chi connectivity index (χ4n) is 4.33. The Morgan fingerprint density at radius 3 is 1.45 bits per heavy atom. The summed E-state index contributed by atoms with van der Waals surface area (Å²) in [6.07, 6.45) is 7.10. The minimum Gasteiger partial charge on any atom is -0.150 e. The zero-order valence-electron chi connectivity index (χ0n) is 32.7. The molecule has 0 N–H and O–H groups in total. The van der Waals surface area contributed by atoms with Gasteiger partial charge in [0.15, 0.2) is 0 Å². The minimum absolute atomic E-state index is 0.319. The molecule has 1 saturated carbocycles. The molecule has 12 heteroatoms. The lowest BCUT2D eigenvalue weighted by atomic mass is 9.77. The van der Waals surface area contributed by atoms with Gasteiger partial charge in [-0.3, -0.25) is 0 Å². The van der Waals surface area contributed by atoms with Crippen molar-refractivity contribution < 1.29 is 0 Å². The van der Waals surface area contributed by atoms with E-state index in [9.17, 15) is 29.4 Å². The van der Waals surface area contributed by atoms with Crippen LogP contribution in [0.2, 0.25) is 0 Å². The number of hydrogen-bond acceptors (Lipinski definition) is 12. The molecule has 53 heavy (non-hydrogen) atoms. The highest BCUT2D eigenvalue weighted by atomic mass is 16.3. The van der Waals surface area contributed by atoms with Crippen LogP contribution in [-0.4, -0.2) is 16.6 Å². The molecule has 0 heterocycles. The van der Waals surface area contributed by atoms with Crippen LogP contribution in [0.15, 0.2) is 128 Å². The van der Waals surface area contributed by atoms with Crippen molar-refractivity contribution in [3.8, 4) is 0 Å². The Kier molecular flexibility index (Phi) is 23.1. The normalized spacial score (nSPS) is 12.3. The van der Waals surface area contributed by atoms with Gasteiger partial charge < -0.3 is 0 Å². The molecule has 4 aromatic rings. The van der Waals surface area contributed by atoms with Gasteiger partial charge in [-0.05, 0) is 132 Å². The topological polar surface area (TPSA) is 177 Å². The lowest BCUT2D eigenvalue weighted by molar-refractivity contribution is 0.240. The highest BCUT2D eigenvalue weighted by molar-refractivity contribution is 5.92. The number of nitrogens with zero attached hydrogens (tertiary/aromatic N) is 6. The van der Waals surface area contributed by atoms with Gasteiger partial charge >= 0.3 is 0 Å². The molecule has 1 aliphatic rings. The van der Waals surface area contributed by atoms with Crippen LogP contribution in [0, 0.1) is 42.3 Å². The first kappa shape index (κ1) is 47.7. The number of benzene rings is 4. The monoisotopic (exact) mass is 728 g/mol. The molecule has 1 fully saturated rings. The van der Waals surface area contributed by atoms with E-state index in [1.54, 1.807) is 63.2 Å². The van der Waals surface area contributed by atoms with Crippen LogP contribution in [0.25, 0.3) is 10.8 Å². The zero-order chi connectivity index (χ0) is 40.3. The van der Waals surface area contributed by atoms with Crippen LogP contribution in [0.5, 0.6) is 0 Å². The summed E-state index contributed by atoms with van der Waals surface area (Å²) in [6.45, 7) is 16.8. The van der Waals surface area contributed by atoms with Gasteiger partial charge in [0.2, 0.25) is 0 Å². The summed E-state index contributed by atoms with van der Waals surface area (Å²) in [5.41, 5.74) is 1.56.